The van der Waals surface area contributed by atoms with Gasteiger partial charge in [0.1, 0.15) is 0 Å². The van der Waals surface area contributed by atoms with E-state index in [2.05, 4.69) is 0 Å². The molecule has 1 aliphatic carbocycles. The number of methoxy groups -OCH3 is 2. The highest BCUT2D eigenvalue weighted by molar-refractivity contribution is 6.33. The van der Waals surface area contributed by atoms with E-state index < -0.39 is 5.54 Å². The van der Waals surface area contributed by atoms with Gasteiger partial charge in [-0.25, -0.2) is 0 Å². The summed E-state index contributed by atoms with van der Waals surface area (Å²) in [4.78, 5) is 11.1. The molecule has 4 nitrogen and oxygen atoms in total. The van der Waals surface area contributed by atoms with Crippen LogP contribution in [0.3, 0.4) is 0 Å². The van der Waals surface area contributed by atoms with Crippen molar-refractivity contribution in [1.82, 2.24) is 0 Å². The van der Waals surface area contributed by atoms with Crippen LogP contribution in [0.1, 0.15) is 35.2 Å². The van der Waals surface area contributed by atoms with Crippen molar-refractivity contribution in [2.45, 2.75) is 24.8 Å². The van der Waals surface area contributed by atoms with E-state index in [0.29, 0.717) is 28.4 Å². The standard InChI is InChI=1S/C13H16ClNO3/c1-17-11-8(7-16)10(14)6-9(12(11)18-2)13(15)4-3-5-13/h6-7H,3-5,15H2,1-2H3. The fourth-order valence-electron chi connectivity index (χ4n) is 2.34. The molecule has 1 aliphatic rings. The van der Waals surface area contributed by atoms with Gasteiger partial charge in [-0.15, -0.1) is 0 Å². The van der Waals surface area contributed by atoms with Gasteiger partial charge in [-0.2, -0.15) is 0 Å². The van der Waals surface area contributed by atoms with Crippen LogP contribution < -0.4 is 15.2 Å². The molecule has 5 heteroatoms. The molecule has 2 rings (SSSR count). The highest BCUT2D eigenvalue weighted by Crippen LogP contribution is 2.48. The molecule has 0 aliphatic heterocycles. The third-order valence-corrected chi connectivity index (χ3v) is 3.84. The zero-order chi connectivity index (χ0) is 13.3. The Bertz CT molecular complexity index is 484. The fourth-order valence-corrected chi connectivity index (χ4v) is 2.57. The molecule has 0 spiro atoms. The van der Waals surface area contributed by atoms with E-state index >= 15 is 0 Å². The molecule has 98 valence electrons. The van der Waals surface area contributed by atoms with Gasteiger partial charge in [0.2, 0.25) is 0 Å². The van der Waals surface area contributed by atoms with Crippen molar-refractivity contribution >= 4 is 17.9 Å². The lowest BCUT2D eigenvalue weighted by Crippen LogP contribution is -2.43. The Hall–Kier alpha value is -1.26. The third kappa shape index (κ3) is 1.85. The van der Waals surface area contributed by atoms with E-state index in [1.165, 1.54) is 14.2 Å². The van der Waals surface area contributed by atoms with E-state index in [-0.39, 0.29) is 0 Å². The van der Waals surface area contributed by atoms with E-state index in [1.807, 2.05) is 0 Å². The average molecular weight is 270 g/mol. The number of hydrogen-bond donors (Lipinski definition) is 1. The van der Waals surface area contributed by atoms with Crippen LogP contribution >= 0.6 is 11.6 Å². The largest absolute Gasteiger partial charge is 0.492 e. The van der Waals surface area contributed by atoms with Crippen LogP contribution in [0.2, 0.25) is 5.02 Å². The van der Waals surface area contributed by atoms with Gasteiger partial charge in [0, 0.05) is 11.1 Å². The van der Waals surface area contributed by atoms with E-state index in [1.54, 1.807) is 6.07 Å². The van der Waals surface area contributed by atoms with E-state index in [4.69, 9.17) is 26.8 Å². The van der Waals surface area contributed by atoms with Crippen LogP contribution in [-0.2, 0) is 5.54 Å². The maximum atomic E-state index is 11.1. The molecule has 0 bridgehead atoms. The molecule has 2 N–H and O–H groups in total. The molecular formula is C13H16ClNO3. The van der Waals surface area contributed by atoms with Gasteiger partial charge < -0.3 is 15.2 Å². The first kappa shape index (κ1) is 13.2. The summed E-state index contributed by atoms with van der Waals surface area (Å²) in [6, 6.07) is 1.71. The topological polar surface area (TPSA) is 61.5 Å². The SMILES string of the molecule is COc1c(C2(N)CCC2)cc(Cl)c(C=O)c1OC. The number of carbonyl (C=O) groups excluding carboxylic acids is 1. The lowest BCUT2D eigenvalue weighted by atomic mass is 9.72. The zero-order valence-corrected chi connectivity index (χ0v) is 11.2. The van der Waals surface area contributed by atoms with Crippen molar-refractivity contribution in [3.63, 3.8) is 0 Å². The number of benzene rings is 1. The highest BCUT2D eigenvalue weighted by atomic mass is 35.5. The Morgan fingerprint density at radius 1 is 1.33 bits per heavy atom. The lowest BCUT2D eigenvalue weighted by Gasteiger charge is -2.39. The summed E-state index contributed by atoms with van der Waals surface area (Å²) in [5, 5.41) is 0.342. The quantitative estimate of drug-likeness (QED) is 0.853. The molecule has 18 heavy (non-hydrogen) atoms. The summed E-state index contributed by atoms with van der Waals surface area (Å²) in [5.74, 6) is 0.859. The van der Waals surface area contributed by atoms with Crippen molar-refractivity contribution in [1.29, 1.82) is 0 Å². The van der Waals surface area contributed by atoms with Crippen molar-refractivity contribution < 1.29 is 14.3 Å². The lowest BCUT2D eigenvalue weighted by molar-refractivity contribution is 0.111. The fraction of sp³-hybridized carbons (Fsp3) is 0.462. The second-order valence-electron chi connectivity index (χ2n) is 4.51. The zero-order valence-electron chi connectivity index (χ0n) is 10.5. The van der Waals surface area contributed by atoms with Gasteiger partial charge in [-0.3, -0.25) is 4.79 Å². The second kappa shape index (κ2) is 4.78. The minimum atomic E-state index is -0.427. The molecule has 1 saturated carbocycles. The summed E-state index contributed by atoms with van der Waals surface area (Å²) in [6.45, 7) is 0. The number of nitrogens with two attached hydrogens (primary N) is 1. The predicted octanol–water partition coefficient (Wildman–Crippen LogP) is 2.51. The summed E-state index contributed by atoms with van der Waals surface area (Å²) >= 11 is 6.11. The first-order chi connectivity index (χ1) is 8.57. The summed E-state index contributed by atoms with van der Waals surface area (Å²) in [5.41, 5.74) is 6.98. The first-order valence-corrected chi connectivity index (χ1v) is 6.14. The molecule has 1 aromatic carbocycles. The number of carbonyl (C=O) groups is 1. The number of rotatable bonds is 4. The van der Waals surface area contributed by atoms with Crippen LogP contribution in [0.25, 0.3) is 0 Å². The summed E-state index contributed by atoms with van der Waals surface area (Å²) < 4.78 is 10.6. The Balaban J connectivity index is 2.67. The highest BCUT2D eigenvalue weighted by Gasteiger charge is 2.38. The van der Waals surface area contributed by atoms with Crippen LogP contribution in [0.5, 0.6) is 11.5 Å². The number of aldehydes is 1. The Morgan fingerprint density at radius 3 is 2.33 bits per heavy atom. The molecule has 0 atom stereocenters. The first-order valence-electron chi connectivity index (χ1n) is 5.76. The summed E-state index contributed by atoms with van der Waals surface area (Å²) in [6.07, 6.45) is 3.50. The second-order valence-corrected chi connectivity index (χ2v) is 4.92. The average Bonchev–Trinajstić information content (AvgIpc) is 2.34. The maximum absolute atomic E-state index is 11.1. The monoisotopic (exact) mass is 269 g/mol. The van der Waals surface area contributed by atoms with E-state index in [9.17, 15) is 4.79 Å². The Labute approximate surface area is 111 Å². The predicted molar refractivity (Wildman–Crippen MR) is 69.7 cm³/mol. The molecule has 0 unspecified atom stereocenters. The van der Waals surface area contributed by atoms with Crippen molar-refractivity contribution in [3.8, 4) is 11.5 Å². The van der Waals surface area contributed by atoms with Crippen molar-refractivity contribution in [3.05, 3.63) is 22.2 Å². The molecule has 1 fully saturated rings. The van der Waals surface area contributed by atoms with Gasteiger partial charge >= 0.3 is 0 Å². The molecule has 0 heterocycles. The van der Waals surface area contributed by atoms with Crippen LogP contribution in [0.15, 0.2) is 6.07 Å². The normalized spacial score (nSPS) is 16.9. The maximum Gasteiger partial charge on any atom is 0.173 e. The van der Waals surface area contributed by atoms with Crippen molar-refractivity contribution in [2.24, 2.45) is 5.73 Å². The van der Waals surface area contributed by atoms with Crippen LogP contribution in [0.4, 0.5) is 0 Å². The summed E-state index contributed by atoms with van der Waals surface area (Å²) in [7, 11) is 3.01. The van der Waals surface area contributed by atoms with Gasteiger partial charge in [0.25, 0.3) is 0 Å². The Kier molecular flexibility index (Phi) is 3.50. The van der Waals surface area contributed by atoms with Crippen LogP contribution in [0, 0.1) is 0 Å². The van der Waals surface area contributed by atoms with Crippen LogP contribution in [-0.4, -0.2) is 20.5 Å². The Morgan fingerprint density at radius 2 is 1.94 bits per heavy atom. The number of halogens is 1. The molecule has 0 saturated heterocycles. The molecule has 0 aromatic heterocycles. The molecule has 0 amide bonds. The third-order valence-electron chi connectivity index (χ3n) is 3.53. The van der Waals surface area contributed by atoms with Gasteiger partial charge in [0.15, 0.2) is 17.8 Å². The molecular weight excluding hydrogens is 254 g/mol. The smallest absolute Gasteiger partial charge is 0.173 e. The number of ether oxygens (including phenoxy) is 2. The molecule has 1 aromatic rings. The van der Waals surface area contributed by atoms with Gasteiger partial charge in [0.05, 0.1) is 24.8 Å². The van der Waals surface area contributed by atoms with Gasteiger partial charge in [-0.1, -0.05) is 11.6 Å². The van der Waals surface area contributed by atoms with Gasteiger partial charge in [-0.05, 0) is 25.3 Å². The van der Waals surface area contributed by atoms with Crippen molar-refractivity contribution in [2.75, 3.05) is 14.2 Å². The van der Waals surface area contributed by atoms with E-state index in [0.717, 1.165) is 24.8 Å². The minimum Gasteiger partial charge on any atom is -0.492 e. The molecule has 0 radical (unpaired) electrons. The number of hydrogen-bond acceptors (Lipinski definition) is 4. The minimum absolute atomic E-state index is 0.294.